The van der Waals surface area contributed by atoms with Gasteiger partial charge in [-0.2, -0.15) is 10.2 Å². The molecular formula is C17H17N5O4. The summed E-state index contributed by atoms with van der Waals surface area (Å²) < 4.78 is 7.60. The monoisotopic (exact) mass is 355 g/mol. The van der Waals surface area contributed by atoms with Gasteiger partial charge in [-0.3, -0.25) is 14.4 Å². The van der Waals surface area contributed by atoms with E-state index in [0.717, 1.165) is 4.68 Å². The minimum atomic E-state index is -0.821. The second-order valence-electron chi connectivity index (χ2n) is 5.53. The molecule has 3 aromatic rings. The number of amides is 1. The largest absolute Gasteiger partial charge is 0.463 e. The van der Waals surface area contributed by atoms with Crippen LogP contribution in [0.4, 0.5) is 0 Å². The maximum atomic E-state index is 12.3. The lowest BCUT2D eigenvalue weighted by atomic mass is 10.3. The summed E-state index contributed by atoms with van der Waals surface area (Å²) in [6, 6.07) is 8.41. The Morgan fingerprint density at radius 2 is 2.04 bits per heavy atom. The van der Waals surface area contributed by atoms with Crippen LogP contribution in [0.25, 0.3) is 11.5 Å². The van der Waals surface area contributed by atoms with Gasteiger partial charge in [0.1, 0.15) is 11.7 Å². The smallest absolute Gasteiger partial charge is 0.267 e. The summed E-state index contributed by atoms with van der Waals surface area (Å²) in [6.45, 7) is 2.00. The molecule has 0 aliphatic carbocycles. The first-order chi connectivity index (χ1) is 12.6. The van der Waals surface area contributed by atoms with Gasteiger partial charge in [-0.15, -0.1) is 0 Å². The van der Waals surface area contributed by atoms with Crippen molar-refractivity contribution in [3.8, 4) is 11.5 Å². The second-order valence-corrected chi connectivity index (χ2v) is 5.53. The molecule has 0 aliphatic rings. The fourth-order valence-electron chi connectivity index (χ4n) is 2.36. The lowest BCUT2D eigenvalue weighted by Gasteiger charge is -2.14. The highest BCUT2D eigenvalue weighted by atomic mass is 16.3. The molecule has 0 aromatic carbocycles. The van der Waals surface area contributed by atoms with E-state index in [4.69, 9.17) is 4.42 Å². The summed E-state index contributed by atoms with van der Waals surface area (Å²) in [6.07, 6.45) is 3.00. The molecule has 26 heavy (non-hydrogen) atoms. The summed E-state index contributed by atoms with van der Waals surface area (Å²) >= 11 is 0. The molecule has 1 atom stereocenters. The third-order valence-electron chi connectivity index (χ3n) is 3.75. The Hall–Kier alpha value is -3.49. The fraction of sp³-hybridized carbons (Fsp3) is 0.235. The van der Waals surface area contributed by atoms with Crippen LogP contribution in [0.15, 0.2) is 62.9 Å². The van der Waals surface area contributed by atoms with Gasteiger partial charge < -0.3 is 9.73 Å². The third kappa shape index (κ3) is 3.77. The summed E-state index contributed by atoms with van der Waals surface area (Å²) in [7, 11) is 0. The van der Waals surface area contributed by atoms with Crippen molar-refractivity contribution in [1.29, 1.82) is 0 Å². The first kappa shape index (κ1) is 17.3. The Morgan fingerprint density at radius 1 is 1.19 bits per heavy atom. The Morgan fingerprint density at radius 3 is 2.77 bits per heavy atom. The van der Waals surface area contributed by atoms with Crippen LogP contribution < -0.4 is 16.4 Å². The van der Waals surface area contributed by atoms with E-state index in [1.807, 2.05) is 0 Å². The van der Waals surface area contributed by atoms with Gasteiger partial charge in [-0.25, -0.2) is 9.36 Å². The minimum Gasteiger partial charge on any atom is -0.463 e. The maximum Gasteiger partial charge on any atom is 0.267 e. The van der Waals surface area contributed by atoms with E-state index < -0.39 is 11.6 Å². The molecule has 0 radical (unpaired) electrons. The van der Waals surface area contributed by atoms with Crippen molar-refractivity contribution in [2.24, 2.45) is 0 Å². The van der Waals surface area contributed by atoms with Crippen molar-refractivity contribution in [3.63, 3.8) is 0 Å². The molecule has 3 heterocycles. The molecule has 0 saturated heterocycles. The predicted octanol–water partition coefficient (Wildman–Crippen LogP) is 0.437. The van der Waals surface area contributed by atoms with Crippen LogP contribution in [-0.4, -0.2) is 32.0 Å². The van der Waals surface area contributed by atoms with Crippen molar-refractivity contribution >= 4 is 5.91 Å². The molecule has 1 unspecified atom stereocenters. The molecule has 9 nitrogen and oxygen atoms in total. The van der Waals surface area contributed by atoms with Crippen LogP contribution in [0, 0.1) is 0 Å². The number of nitrogens with one attached hydrogen (secondary N) is 1. The molecule has 0 aliphatic heterocycles. The Bertz CT molecular complexity index is 1010. The highest BCUT2D eigenvalue weighted by Crippen LogP contribution is 2.16. The summed E-state index contributed by atoms with van der Waals surface area (Å²) in [5, 5.41) is 10.8. The average molecular weight is 355 g/mol. The lowest BCUT2D eigenvalue weighted by Crippen LogP contribution is -2.39. The second kappa shape index (κ2) is 7.60. The Balaban J connectivity index is 1.68. The fourth-order valence-corrected chi connectivity index (χ4v) is 2.36. The van der Waals surface area contributed by atoms with Gasteiger partial charge in [0.15, 0.2) is 5.76 Å². The van der Waals surface area contributed by atoms with Crippen LogP contribution in [0.5, 0.6) is 0 Å². The van der Waals surface area contributed by atoms with Crippen LogP contribution in [0.1, 0.15) is 13.0 Å². The number of carbonyl (C=O) groups is 1. The van der Waals surface area contributed by atoms with Crippen molar-refractivity contribution in [3.05, 3.63) is 69.6 Å². The first-order valence-electron chi connectivity index (χ1n) is 8.00. The van der Waals surface area contributed by atoms with E-state index in [1.165, 1.54) is 35.3 Å². The SMILES string of the molecule is CC(C(=O)NCCn1ncccc1=O)n1nc(-c2ccco2)ccc1=O. The van der Waals surface area contributed by atoms with Gasteiger partial charge in [0.2, 0.25) is 5.91 Å². The molecule has 0 fully saturated rings. The molecule has 0 saturated carbocycles. The normalized spacial score (nSPS) is 11.9. The molecule has 134 valence electrons. The number of furan rings is 1. The van der Waals surface area contributed by atoms with Crippen molar-refractivity contribution in [1.82, 2.24) is 24.9 Å². The maximum absolute atomic E-state index is 12.3. The van der Waals surface area contributed by atoms with E-state index in [-0.39, 0.29) is 24.6 Å². The Labute approximate surface area is 147 Å². The summed E-state index contributed by atoms with van der Waals surface area (Å²) in [4.78, 5) is 36.0. The standard InChI is InChI=1S/C17H17N5O4/c1-12(17(25)18-9-10-21-15(23)5-2-8-19-21)22-16(24)7-6-13(20-22)14-4-3-11-26-14/h2-8,11-12H,9-10H2,1H3,(H,18,25). The molecule has 1 N–H and O–H groups in total. The van der Waals surface area contributed by atoms with Crippen molar-refractivity contribution in [2.45, 2.75) is 19.5 Å². The van der Waals surface area contributed by atoms with Gasteiger partial charge in [-0.1, -0.05) is 0 Å². The van der Waals surface area contributed by atoms with E-state index in [9.17, 15) is 14.4 Å². The molecule has 0 bridgehead atoms. The Kier molecular flexibility index (Phi) is 5.07. The molecule has 9 heteroatoms. The lowest BCUT2D eigenvalue weighted by molar-refractivity contribution is -0.124. The molecule has 1 amide bonds. The molecular weight excluding hydrogens is 338 g/mol. The zero-order valence-corrected chi connectivity index (χ0v) is 14.0. The average Bonchev–Trinajstić information content (AvgIpc) is 3.18. The quantitative estimate of drug-likeness (QED) is 0.686. The molecule has 0 spiro atoms. The number of carbonyl (C=O) groups excluding carboxylic acids is 1. The highest BCUT2D eigenvalue weighted by Gasteiger charge is 2.18. The zero-order chi connectivity index (χ0) is 18.5. The van der Waals surface area contributed by atoms with Gasteiger partial charge in [0.05, 0.1) is 12.8 Å². The highest BCUT2D eigenvalue weighted by molar-refractivity contribution is 5.79. The number of hydrogen-bond donors (Lipinski definition) is 1. The first-order valence-corrected chi connectivity index (χ1v) is 8.00. The van der Waals surface area contributed by atoms with E-state index in [0.29, 0.717) is 11.5 Å². The van der Waals surface area contributed by atoms with Gasteiger partial charge in [0, 0.05) is 24.9 Å². The summed E-state index contributed by atoms with van der Waals surface area (Å²) in [5.41, 5.74) is -0.197. The predicted molar refractivity (Wildman–Crippen MR) is 92.4 cm³/mol. The van der Waals surface area contributed by atoms with Crippen LogP contribution in [0.2, 0.25) is 0 Å². The van der Waals surface area contributed by atoms with Crippen LogP contribution in [0.3, 0.4) is 0 Å². The number of nitrogens with zero attached hydrogens (tertiary/aromatic N) is 4. The minimum absolute atomic E-state index is 0.201. The van der Waals surface area contributed by atoms with Crippen LogP contribution >= 0.6 is 0 Å². The number of aromatic nitrogens is 4. The number of hydrogen-bond acceptors (Lipinski definition) is 6. The van der Waals surface area contributed by atoms with Crippen molar-refractivity contribution in [2.75, 3.05) is 6.54 Å². The van der Waals surface area contributed by atoms with Crippen LogP contribution in [-0.2, 0) is 11.3 Å². The number of rotatable bonds is 6. The van der Waals surface area contributed by atoms with Gasteiger partial charge in [0.25, 0.3) is 11.1 Å². The van der Waals surface area contributed by atoms with Gasteiger partial charge in [-0.05, 0) is 31.2 Å². The van der Waals surface area contributed by atoms with Gasteiger partial charge >= 0.3 is 0 Å². The zero-order valence-electron chi connectivity index (χ0n) is 14.0. The molecule has 3 aromatic heterocycles. The van der Waals surface area contributed by atoms with E-state index in [2.05, 4.69) is 15.5 Å². The van der Waals surface area contributed by atoms with E-state index >= 15 is 0 Å². The molecule has 3 rings (SSSR count). The van der Waals surface area contributed by atoms with E-state index in [1.54, 1.807) is 25.1 Å². The summed E-state index contributed by atoms with van der Waals surface area (Å²) in [5.74, 6) is 0.112. The van der Waals surface area contributed by atoms with Crippen molar-refractivity contribution < 1.29 is 9.21 Å². The third-order valence-corrected chi connectivity index (χ3v) is 3.75. The topological polar surface area (TPSA) is 112 Å².